The van der Waals surface area contributed by atoms with Gasteiger partial charge in [-0.25, -0.2) is 0 Å². The van der Waals surface area contributed by atoms with Crippen molar-refractivity contribution in [2.45, 2.75) is 32.0 Å². The second-order valence-corrected chi connectivity index (χ2v) is 6.40. The number of halogens is 3. The van der Waals surface area contributed by atoms with Gasteiger partial charge in [0, 0.05) is 29.8 Å². The molecular weight excluding hydrogens is 343 g/mol. The van der Waals surface area contributed by atoms with Crippen molar-refractivity contribution in [2.24, 2.45) is 0 Å². The van der Waals surface area contributed by atoms with E-state index in [2.05, 4.69) is 0 Å². The molecule has 1 unspecified atom stereocenters. The number of hydrogen-bond acceptors (Lipinski definition) is 2. The molecule has 3 rings (SSSR count). The Kier molecular flexibility index (Phi) is 4.56. The molecule has 1 aliphatic carbocycles. The van der Waals surface area contributed by atoms with Gasteiger partial charge in [0.2, 0.25) is 5.60 Å². The number of carbonyl (C=O) groups excluding carboxylic acids is 1. The van der Waals surface area contributed by atoms with Crippen molar-refractivity contribution in [2.75, 3.05) is 13.1 Å². The van der Waals surface area contributed by atoms with Gasteiger partial charge in [-0.2, -0.15) is 13.2 Å². The SMILES string of the molecule is CCCN(CC)C(=O)c1ccc2c(c1)C(O)(C(F)(F)F)c1ccccc1-2. The number of benzene rings is 2. The number of nitrogens with zero attached hydrogens (tertiary/aromatic N) is 1. The van der Waals surface area contributed by atoms with Gasteiger partial charge in [-0.1, -0.05) is 37.3 Å². The smallest absolute Gasteiger partial charge is 0.372 e. The molecule has 1 atom stereocenters. The van der Waals surface area contributed by atoms with Crippen LogP contribution in [0.3, 0.4) is 0 Å². The maximum Gasteiger partial charge on any atom is 0.425 e. The Morgan fingerprint density at radius 2 is 1.73 bits per heavy atom. The molecule has 0 aromatic heterocycles. The zero-order valence-electron chi connectivity index (χ0n) is 14.6. The van der Waals surface area contributed by atoms with Crippen LogP contribution in [0, 0.1) is 0 Å². The summed E-state index contributed by atoms with van der Waals surface area (Å²) >= 11 is 0. The van der Waals surface area contributed by atoms with E-state index in [0.29, 0.717) is 24.2 Å². The highest BCUT2D eigenvalue weighted by molar-refractivity contribution is 5.96. The van der Waals surface area contributed by atoms with Crippen molar-refractivity contribution >= 4 is 5.91 Å². The molecule has 0 aliphatic heterocycles. The first kappa shape index (κ1) is 18.5. The van der Waals surface area contributed by atoms with E-state index in [-0.39, 0.29) is 22.6 Å². The Hall–Kier alpha value is -2.34. The van der Waals surface area contributed by atoms with Gasteiger partial charge in [0.25, 0.3) is 5.91 Å². The number of rotatable bonds is 4. The average Bonchev–Trinajstić information content (AvgIpc) is 2.89. The van der Waals surface area contributed by atoms with Crippen LogP contribution < -0.4 is 0 Å². The third-order valence-electron chi connectivity index (χ3n) is 4.84. The van der Waals surface area contributed by atoms with Gasteiger partial charge in [-0.05, 0) is 36.6 Å². The number of alkyl halides is 3. The summed E-state index contributed by atoms with van der Waals surface area (Å²) < 4.78 is 41.5. The van der Waals surface area contributed by atoms with Gasteiger partial charge in [-0.15, -0.1) is 0 Å². The lowest BCUT2D eigenvalue weighted by atomic mass is 9.90. The molecule has 1 aliphatic rings. The van der Waals surface area contributed by atoms with Crippen LogP contribution in [0.2, 0.25) is 0 Å². The van der Waals surface area contributed by atoms with Gasteiger partial charge >= 0.3 is 6.18 Å². The fraction of sp³-hybridized carbons (Fsp3) is 0.350. The van der Waals surface area contributed by atoms with E-state index in [1.54, 1.807) is 17.0 Å². The van der Waals surface area contributed by atoms with E-state index in [1.165, 1.54) is 30.3 Å². The van der Waals surface area contributed by atoms with E-state index >= 15 is 0 Å². The minimum atomic E-state index is -4.90. The Balaban J connectivity index is 2.16. The van der Waals surface area contributed by atoms with Crippen molar-refractivity contribution in [1.82, 2.24) is 4.90 Å². The standard InChI is InChI=1S/C20H20F3NO2/c1-3-11-24(4-2)18(25)13-9-10-15-14-7-5-6-8-16(14)19(26,17(15)12-13)20(21,22)23/h5-10,12,26H,3-4,11H2,1-2H3. The van der Waals surface area contributed by atoms with Crippen LogP contribution in [-0.4, -0.2) is 35.2 Å². The molecule has 26 heavy (non-hydrogen) atoms. The second-order valence-electron chi connectivity index (χ2n) is 6.40. The first-order valence-corrected chi connectivity index (χ1v) is 8.58. The summed E-state index contributed by atoms with van der Waals surface area (Å²) in [5.74, 6) is -0.336. The fourth-order valence-corrected chi connectivity index (χ4v) is 3.55. The molecule has 0 heterocycles. The molecular formula is C20H20F3NO2. The molecule has 1 N–H and O–H groups in total. The molecule has 0 spiro atoms. The molecule has 2 aromatic rings. The lowest BCUT2D eigenvalue weighted by molar-refractivity contribution is -0.246. The Morgan fingerprint density at radius 1 is 1.08 bits per heavy atom. The molecule has 0 bridgehead atoms. The summed E-state index contributed by atoms with van der Waals surface area (Å²) in [5, 5.41) is 10.7. The van der Waals surface area contributed by atoms with Gasteiger partial charge in [0.15, 0.2) is 0 Å². The summed E-state index contributed by atoms with van der Waals surface area (Å²) in [6.07, 6.45) is -4.15. The van der Waals surface area contributed by atoms with E-state index in [1.807, 2.05) is 13.8 Å². The highest BCUT2D eigenvalue weighted by Gasteiger charge is 2.60. The van der Waals surface area contributed by atoms with E-state index in [9.17, 15) is 23.1 Å². The quantitative estimate of drug-likeness (QED) is 0.878. The topological polar surface area (TPSA) is 40.5 Å². The second kappa shape index (κ2) is 6.43. The van der Waals surface area contributed by atoms with Crippen LogP contribution in [0.25, 0.3) is 11.1 Å². The average molecular weight is 363 g/mol. The minimum absolute atomic E-state index is 0.148. The number of fused-ring (bicyclic) bond motifs is 3. The minimum Gasteiger partial charge on any atom is -0.372 e. The fourth-order valence-electron chi connectivity index (χ4n) is 3.55. The first-order chi connectivity index (χ1) is 12.3. The molecule has 2 aromatic carbocycles. The largest absolute Gasteiger partial charge is 0.425 e. The summed E-state index contributed by atoms with van der Waals surface area (Å²) in [7, 11) is 0. The Morgan fingerprint density at radius 3 is 2.35 bits per heavy atom. The van der Waals surface area contributed by atoms with Crippen LogP contribution in [0.1, 0.15) is 41.8 Å². The molecule has 0 radical (unpaired) electrons. The van der Waals surface area contributed by atoms with Crippen molar-refractivity contribution in [3.8, 4) is 11.1 Å². The summed E-state index contributed by atoms with van der Waals surface area (Å²) in [6, 6.07) is 10.1. The number of amides is 1. The van der Waals surface area contributed by atoms with Crippen LogP contribution in [0.5, 0.6) is 0 Å². The summed E-state index contributed by atoms with van der Waals surface area (Å²) in [4.78, 5) is 14.2. The van der Waals surface area contributed by atoms with Crippen molar-refractivity contribution in [3.05, 3.63) is 59.2 Å². The molecule has 138 valence electrons. The van der Waals surface area contributed by atoms with E-state index < -0.39 is 11.8 Å². The lowest BCUT2D eigenvalue weighted by Crippen LogP contribution is -2.42. The maximum atomic E-state index is 13.8. The molecule has 0 saturated carbocycles. The molecule has 0 fully saturated rings. The number of carbonyl (C=O) groups is 1. The number of hydrogen-bond donors (Lipinski definition) is 1. The molecule has 3 nitrogen and oxygen atoms in total. The monoisotopic (exact) mass is 363 g/mol. The number of aliphatic hydroxyl groups is 1. The van der Waals surface area contributed by atoms with Gasteiger partial charge in [-0.3, -0.25) is 4.79 Å². The first-order valence-electron chi connectivity index (χ1n) is 8.58. The van der Waals surface area contributed by atoms with Crippen LogP contribution in [0.4, 0.5) is 13.2 Å². The van der Waals surface area contributed by atoms with Gasteiger partial charge in [0.1, 0.15) is 0 Å². The van der Waals surface area contributed by atoms with Crippen LogP contribution in [0.15, 0.2) is 42.5 Å². The van der Waals surface area contributed by atoms with Gasteiger partial charge < -0.3 is 10.0 Å². The van der Waals surface area contributed by atoms with Crippen LogP contribution >= 0.6 is 0 Å². The van der Waals surface area contributed by atoms with E-state index in [0.717, 1.165) is 6.42 Å². The predicted octanol–water partition coefficient (Wildman–Crippen LogP) is 4.34. The summed E-state index contributed by atoms with van der Waals surface area (Å²) in [6.45, 7) is 4.74. The highest BCUT2D eigenvalue weighted by Crippen LogP contribution is 2.54. The van der Waals surface area contributed by atoms with Crippen molar-refractivity contribution in [1.29, 1.82) is 0 Å². The van der Waals surface area contributed by atoms with Crippen LogP contribution in [-0.2, 0) is 5.60 Å². The predicted molar refractivity (Wildman–Crippen MR) is 92.8 cm³/mol. The highest BCUT2D eigenvalue weighted by atomic mass is 19.4. The third kappa shape index (κ3) is 2.60. The lowest BCUT2D eigenvalue weighted by Gasteiger charge is -2.29. The summed E-state index contributed by atoms with van der Waals surface area (Å²) in [5.41, 5.74) is -2.82. The zero-order chi connectivity index (χ0) is 19.1. The Labute approximate surface area is 150 Å². The normalized spacial score (nSPS) is 18.4. The van der Waals surface area contributed by atoms with Crippen molar-refractivity contribution < 1.29 is 23.1 Å². The molecule has 1 amide bonds. The molecule has 6 heteroatoms. The van der Waals surface area contributed by atoms with Gasteiger partial charge in [0.05, 0.1) is 0 Å². The molecule has 0 saturated heterocycles. The maximum absolute atomic E-state index is 13.8. The third-order valence-corrected chi connectivity index (χ3v) is 4.84. The van der Waals surface area contributed by atoms with Crippen molar-refractivity contribution in [3.63, 3.8) is 0 Å². The Bertz CT molecular complexity index is 847. The van der Waals surface area contributed by atoms with E-state index in [4.69, 9.17) is 0 Å². The zero-order valence-corrected chi connectivity index (χ0v) is 14.6.